The second kappa shape index (κ2) is 4.72. The van der Waals surface area contributed by atoms with Crippen molar-refractivity contribution < 1.29 is 14.1 Å². The maximum absolute atomic E-state index is 10.7. The Kier molecular flexibility index (Phi) is 2.91. The molecule has 0 saturated carbocycles. The number of hydrogen-bond donors (Lipinski definition) is 1. The Morgan fingerprint density at radius 2 is 2.32 bits per heavy atom. The Labute approximate surface area is 109 Å². The van der Waals surface area contributed by atoms with Gasteiger partial charge in [0.2, 0.25) is 17.6 Å². The average molecular weight is 259 g/mol. The molecule has 0 unspecified atom stereocenters. The Balaban J connectivity index is 1.80. The number of nitrogens with zero attached hydrogens (tertiary/aromatic N) is 2. The Morgan fingerprint density at radius 3 is 3.16 bits per heavy atom. The SMILES string of the molecule is NC(=O)CCc1nc(-c2ccc3c(c2)CCO3)no1. The van der Waals surface area contributed by atoms with E-state index in [0.717, 1.165) is 29.9 Å². The van der Waals surface area contributed by atoms with Crippen molar-refractivity contribution in [3.8, 4) is 17.1 Å². The monoisotopic (exact) mass is 259 g/mol. The molecule has 0 radical (unpaired) electrons. The van der Waals surface area contributed by atoms with E-state index in [2.05, 4.69) is 10.1 Å². The zero-order chi connectivity index (χ0) is 13.2. The third kappa shape index (κ3) is 2.42. The summed E-state index contributed by atoms with van der Waals surface area (Å²) < 4.78 is 10.5. The maximum Gasteiger partial charge on any atom is 0.227 e. The number of amides is 1. The smallest absolute Gasteiger partial charge is 0.227 e. The number of rotatable bonds is 4. The van der Waals surface area contributed by atoms with E-state index in [9.17, 15) is 4.79 Å². The van der Waals surface area contributed by atoms with Gasteiger partial charge in [-0.3, -0.25) is 4.79 Å². The summed E-state index contributed by atoms with van der Waals surface area (Å²) in [5, 5.41) is 3.91. The fourth-order valence-corrected chi connectivity index (χ4v) is 2.03. The van der Waals surface area contributed by atoms with Crippen molar-refractivity contribution in [2.45, 2.75) is 19.3 Å². The van der Waals surface area contributed by atoms with Crippen LogP contribution in [0.4, 0.5) is 0 Å². The fraction of sp³-hybridized carbons (Fsp3) is 0.308. The van der Waals surface area contributed by atoms with Gasteiger partial charge in [-0.15, -0.1) is 0 Å². The first-order valence-corrected chi connectivity index (χ1v) is 6.09. The summed E-state index contributed by atoms with van der Waals surface area (Å²) in [6.45, 7) is 0.717. The number of fused-ring (bicyclic) bond motifs is 1. The number of carbonyl (C=O) groups excluding carboxylic acids is 1. The summed E-state index contributed by atoms with van der Waals surface area (Å²) in [5.74, 6) is 1.48. The third-order valence-electron chi connectivity index (χ3n) is 3.00. The molecular formula is C13H13N3O3. The summed E-state index contributed by atoms with van der Waals surface area (Å²) in [5.41, 5.74) is 7.12. The number of aryl methyl sites for hydroxylation is 1. The normalized spacial score (nSPS) is 13.1. The lowest BCUT2D eigenvalue weighted by Crippen LogP contribution is -2.11. The molecule has 1 aliphatic rings. The minimum atomic E-state index is -0.380. The van der Waals surface area contributed by atoms with Gasteiger partial charge in [-0.05, 0) is 23.8 Å². The predicted octanol–water partition coefficient (Wildman–Crippen LogP) is 1.09. The molecule has 1 aliphatic heterocycles. The van der Waals surface area contributed by atoms with Gasteiger partial charge in [-0.1, -0.05) is 5.16 Å². The molecule has 6 heteroatoms. The van der Waals surface area contributed by atoms with Crippen LogP contribution in [0.25, 0.3) is 11.4 Å². The zero-order valence-electron chi connectivity index (χ0n) is 10.3. The molecule has 2 N–H and O–H groups in total. The van der Waals surface area contributed by atoms with Crippen LogP contribution in [0.1, 0.15) is 17.9 Å². The molecule has 0 atom stereocenters. The Hall–Kier alpha value is -2.37. The van der Waals surface area contributed by atoms with Crippen LogP contribution in [-0.2, 0) is 17.6 Å². The van der Waals surface area contributed by atoms with Gasteiger partial charge >= 0.3 is 0 Å². The number of hydrogen-bond acceptors (Lipinski definition) is 5. The minimum absolute atomic E-state index is 0.208. The number of primary amides is 1. The average Bonchev–Trinajstić information content (AvgIpc) is 3.04. The molecule has 0 aliphatic carbocycles. The molecule has 1 aromatic heterocycles. The van der Waals surface area contributed by atoms with Gasteiger partial charge in [-0.2, -0.15) is 4.98 Å². The topological polar surface area (TPSA) is 91.2 Å². The van der Waals surface area contributed by atoms with E-state index in [4.69, 9.17) is 15.0 Å². The number of carbonyl (C=O) groups is 1. The zero-order valence-corrected chi connectivity index (χ0v) is 10.3. The third-order valence-corrected chi connectivity index (χ3v) is 3.00. The van der Waals surface area contributed by atoms with Crippen molar-refractivity contribution in [1.82, 2.24) is 10.1 Å². The molecule has 3 rings (SSSR count). The van der Waals surface area contributed by atoms with Crippen LogP contribution >= 0.6 is 0 Å². The molecule has 6 nitrogen and oxygen atoms in total. The highest BCUT2D eigenvalue weighted by Crippen LogP contribution is 2.29. The Morgan fingerprint density at radius 1 is 1.42 bits per heavy atom. The van der Waals surface area contributed by atoms with Gasteiger partial charge in [0.05, 0.1) is 6.61 Å². The quantitative estimate of drug-likeness (QED) is 0.887. The largest absolute Gasteiger partial charge is 0.493 e. The maximum atomic E-state index is 10.7. The number of benzene rings is 1. The second-order valence-corrected chi connectivity index (χ2v) is 4.40. The lowest BCUT2D eigenvalue weighted by Gasteiger charge is -1.99. The molecular weight excluding hydrogens is 246 g/mol. The fourth-order valence-electron chi connectivity index (χ4n) is 2.03. The lowest BCUT2D eigenvalue weighted by molar-refractivity contribution is -0.118. The molecule has 1 amide bonds. The minimum Gasteiger partial charge on any atom is -0.493 e. The van der Waals surface area contributed by atoms with Crippen LogP contribution in [0.3, 0.4) is 0 Å². The highest BCUT2D eigenvalue weighted by Gasteiger charge is 2.15. The van der Waals surface area contributed by atoms with Crippen molar-refractivity contribution in [1.29, 1.82) is 0 Å². The first-order valence-electron chi connectivity index (χ1n) is 6.09. The summed E-state index contributed by atoms with van der Waals surface area (Å²) >= 11 is 0. The highest BCUT2D eigenvalue weighted by molar-refractivity contribution is 5.73. The molecule has 0 fully saturated rings. The van der Waals surface area contributed by atoms with Crippen molar-refractivity contribution >= 4 is 5.91 Å². The molecule has 19 heavy (non-hydrogen) atoms. The van der Waals surface area contributed by atoms with E-state index >= 15 is 0 Å². The molecule has 2 heterocycles. The van der Waals surface area contributed by atoms with E-state index < -0.39 is 0 Å². The number of nitrogens with two attached hydrogens (primary N) is 1. The van der Waals surface area contributed by atoms with Gasteiger partial charge in [0.1, 0.15) is 5.75 Å². The number of ether oxygens (including phenoxy) is 1. The standard InChI is InChI=1S/C13H13N3O3/c14-11(17)3-4-12-15-13(16-19-12)9-1-2-10-8(7-9)5-6-18-10/h1-2,7H,3-6H2,(H2,14,17). The molecule has 98 valence electrons. The molecule has 0 bridgehead atoms. The van der Waals surface area contributed by atoms with E-state index in [1.165, 1.54) is 0 Å². The second-order valence-electron chi connectivity index (χ2n) is 4.40. The first-order chi connectivity index (χ1) is 9.22. The van der Waals surface area contributed by atoms with Gasteiger partial charge in [-0.25, -0.2) is 0 Å². The van der Waals surface area contributed by atoms with Crippen LogP contribution < -0.4 is 10.5 Å². The number of aromatic nitrogens is 2. The molecule has 0 saturated heterocycles. The van der Waals surface area contributed by atoms with Crippen LogP contribution in [-0.4, -0.2) is 22.7 Å². The van der Waals surface area contributed by atoms with Gasteiger partial charge < -0.3 is 15.0 Å². The molecule has 1 aromatic carbocycles. The molecule has 0 spiro atoms. The molecule has 2 aromatic rings. The van der Waals surface area contributed by atoms with E-state index in [1.807, 2.05) is 18.2 Å². The van der Waals surface area contributed by atoms with Gasteiger partial charge in [0.15, 0.2) is 0 Å². The Bertz CT molecular complexity index is 621. The highest BCUT2D eigenvalue weighted by atomic mass is 16.5. The van der Waals surface area contributed by atoms with Crippen molar-refractivity contribution in [3.05, 3.63) is 29.7 Å². The first kappa shape index (κ1) is 11.7. The van der Waals surface area contributed by atoms with Crippen molar-refractivity contribution in [2.24, 2.45) is 5.73 Å². The van der Waals surface area contributed by atoms with Crippen LogP contribution in [0.5, 0.6) is 5.75 Å². The van der Waals surface area contributed by atoms with Gasteiger partial charge in [0.25, 0.3) is 0 Å². The summed E-state index contributed by atoms with van der Waals surface area (Å²) in [6.07, 6.45) is 1.48. The van der Waals surface area contributed by atoms with Crippen molar-refractivity contribution in [3.63, 3.8) is 0 Å². The predicted molar refractivity (Wildman–Crippen MR) is 66.4 cm³/mol. The van der Waals surface area contributed by atoms with E-state index in [0.29, 0.717) is 18.1 Å². The van der Waals surface area contributed by atoms with E-state index in [-0.39, 0.29) is 12.3 Å². The summed E-state index contributed by atoms with van der Waals surface area (Å²) in [6, 6.07) is 5.81. The van der Waals surface area contributed by atoms with Crippen molar-refractivity contribution in [2.75, 3.05) is 6.61 Å². The van der Waals surface area contributed by atoms with Crippen LogP contribution in [0.2, 0.25) is 0 Å². The van der Waals surface area contributed by atoms with Crippen LogP contribution in [0.15, 0.2) is 22.7 Å². The summed E-state index contributed by atoms with van der Waals surface area (Å²) in [4.78, 5) is 14.9. The van der Waals surface area contributed by atoms with E-state index in [1.54, 1.807) is 0 Å². The van der Waals surface area contributed by atoms with Crippen LogP contribution in [0, 0.1) is 0 Å². The lowest BCUT2D eigenvalue weighted by atomic mass is 10.1. The van der Waals surface area contributed by atoms with Gasteiger partial charge in [0, 0.05) is 24.8 Å². The summed E-state index contributed by atoms with van der Waals surface area (Å²) in [7, 11) is 0.